The van der Waals surface area contributed by atoms with Gasteiger partial charge in [-0.2, -0.15) is 4.72 Å². The summed E-state index contributed by atoms with van der Waals surface area (Å²) >= 11 is 5.88. The van der Waals surface area contributed by atoms with Gasteiger partial charge in [-0.25, -0.2) is 8.42 Å². The number of hydrogen-bond donors (Lipinski definition) is 2. The Labute approximate surface area is 121 Å². The Hall–Kier alpha value is -1.51. The first kappa shape index (κ1) is 16.5. The van der Waals surface area contributed by atoms with Gasteiger partial charge in [0.05, 0.1) is 19.2 Å². The molecule has 2 N–H and O–H groups in total. The van der Waals surface area contributed by atoms with E-state index in [1.54, 1.807) is 0 Å². The number of carboxylic acid groups (broad SMARTS) is 1. The maximum atomic E-state index is 12.1. The number of hydrogen-bond acceptors (Lipinski definition) is 5. The second-order valence-corrected chi connectivity index (χ2v) is 5.91. The molecule has 0 fully saturated rings. The topological polar surface area (TPSA) is 102 Å². The molecule has 0 heterocycles. The standard InChI is InChI=1S/C11H14ClNO6S/c1-6(11(14)15)13-20(16,17)10-5-9(19-3)8(18-2)4-7(10)12/h4-6,13H,1-3H3,(H,14,15)/t6-/m1/s1. The van der Waals surface area contributed by atoms with Gasteiger partial charge in [-0.05, 0) is 6.92 Å². The third-order valence-electron chi connectivity index (χ3n) is 2.43. The average Bonchev–Trinajstić information content (AvgIpc) is 2.37. The van der Waals surface area contributed by atoms with Crippen molar-refractivity contribution in [3.63, 3.8) is 0 Å². The summed E-state index contributed by atoms with van der Waals surface area (Å²) in [5.74, 6) is -0.867. The van der Waals surface area contributed by atoms with Crippen LogP contribution in [-0.4, -0.2) is 39.8 Å². The van der Waals surface area contributed by atoms with Crippen molar-refractivity contribution in [1.29, 1.82) is 0 Å². The Bertz CT molecular complexity index is 616. The summed E-state index contributed by atoms with van der Waals surface area (Å²) in [6.07, 6.45) is 0. The third-order valence-corrected chi connectivity index (χ3v) is 4.44. The monoisotopic (exact) mass is 323 g/mol. The molecule has 0 aliphatic heterocycles. The van der Waals surface area contributed by atoms with Crippen LogP contribution in [0.5, 0.6) is 11.5 Å². The number of halogens is 1. The molecule has 0 radical (unpaired) electrons. The molecule has 1 atom stereocenters. The van der Waals surface area contributed by atoms with E-state index in [4.69, 9.17) is 26.2 Å². The molecule has 0 saturated heterocycles. The molecule has 0 aromatic heterocycles. The van der Waals surface area contributed by atoms with Gasteiger partial charge in [0, 0.05) is 12.1 Å². The molecule has 0 aliphatic carbocycles. The highest BCUT2D eigenvalue weighted by Crippen LogP contribution is 2.35. The van der Waals surface area contributed by atoms with Gasteiger partial charge >= 0.3 is 5.97 Å². The number of benzene rings is 1. The molecule has 0 saturated carbocycles. The van der Waals surface area contributed by atoms with Crippen LogP contribution in [0.4, 0.5) is 0 Å². The summed E-state index contributed by atoms with van der Waals surface area (Å²) in [5.41, 5.74) is 0. The van der Waals surface area contributed by atoms with Crippen LogP contribution in [0.15, 0.2) is 17.0 Å². The fourth-order valence-corrected chi connectivity index (χ4v) is 3.12. The van der Waals surface area contributed by atoms with Crippen molar-refractivity contribution in [3.05, 3.63) is 17.2 Å². The highest BCUT2D eigenvalue weighted by molar-refractivity contribution is 7.89. The van der Waals surface area contributed by atoms with Crippen LogP contribution in [0.3, 0.4) is 0 Å². The van der Waals surface area contributed by atoms with E-state index >= 15 is 0 Å². The van der Waals surface area contributed by atoms with Crippen molar-refractivity contribution in [3.8, 4) is 11.5 Å². The number of nitrogens with one attached hydrogen (secondary N) is 1. The lowest BCUT2D eigenvalue weighted by Gasteiger charge is -2.14. The molecular formula is C11H14ClNO6S. The molecule has 0 unspecified atom stereocenters. The Balaban J connectivity index is 3.28. The van der Waals surface area contributed by atoms with E-state index in [1.807, 2.05) is 4.72 Å². The molecule has 9 heteroatoms. The molecule has 1 aromatic rings. The fraction of sp³-hybridized carbons (Fsp3) is 0.364. The summed E-state index contributed by atoms with van der Waals surface area (Å²) < 4.78 is 36.1. The van der Waals surface area contributed by atoms with Crippen molar-refractivity contribution in [1.82, 2.24) is 4.72 Å². The summed E-state index contributed by atoms with van der Waals surface area (Å²) in [7, 11) is -1.37. The smallest absolute Gasteiger partial charge is 0.321 e. The van der Waals surface area contributed by atoms with Crippen LogP contribution < -0.4 is 14.2 Å². The van der Waals surface area contributed by atoms with E-state index in [1.165, 1.54) is 27.2 Å². The van der Waals surface area contributed by atoms with Gasteiger partial charge in [0.2, 0.25) is 10.0 Å². The maximum Gasteiger partial charge on any atom is 0.321 e. The van der Waals surface area contributed by atoms with Crippen molar-refractivity contribution in [2.24, 2.45) is 0 Å². The minimum absolute atomic E-state index is 0.104. The SMILES string of the molecule is COc1cc(Cl)c(S(=O)(=O)N[C@H](C)C(=O)O)cc1OC. The lowest BCUT2D eigenvalue weighted by molar-refractivity contribution is -0.138. The summed E-state index contributed by atoms with van der Waals surface area (Å²) in [4.78, 5) is 10.4. The highest BCUT2D eigenvalue weighted by atomic mass is 35.5. The van der Waals surface area contributed by atoms with E-state index in [2.05, 4.69) is 0 Å². The number of aliphatic carboxylic acids is 1. The third kappa shape index (κ3) is 3.53. The van der Waals surface area contributed by atoms with E-state index in [-0.39, 0.29) is 21.4 Å². The molecule has 112 valence electrons. The number of carboxylic acids is 1. The largest absolute Gasteiger partial charge is 0.493 e. The Kier molecular flexibility index (Phi) is 5.21. The second-order valence-electron chi connectivity index (χ2n) is 3.82. The van der Waals surface area contributed by atoms with Crippen LogP contribution in [0.1, 0.15) is 6.92 Å². The average molecular weight is 324 g/mol. The Morgan fingerprint density at radius 3 is 2.25 bits per heavy atom. The first-order valence-electron chi connectivity index (χ1n) is 5.39. The zero-order valence-corrected chi connectivity index (χ0v) is 12.6. The number of carbonyl (C=O) groups is 1. The molecule has 0 bridgehead atoms. The highest BCUT2D eigenvalue weighted by Gasteiger charge is 2.25. The minimum atomic E-state index is -4.09. The molecule has 0 spiro atoms. The summed E-state index contributed by atoms with van der Waals surface area (Å²) in [5, 5.41) is 8.64. The Morgan fingerprint density at radius 2 is 1.80 bits per heavy atom. The van der Waals surface area contributed by atoms with Crippen LogP contribution in [0, 0.1) is 0 Å². The molecular weight excluding hydrogens is 310 g/mol. The van der Waals surface area contributed by atoms with Gasteiger partial charge < -0.3 is 14.6 Å². The molecule has 7 nitrogen and oxygen atoms in total. The summed E-state index contributed by atoms with van der Waals surface area (Å²) in [6, 6.07) is 1.16. The van der Waals surface area contributed by atoms with Gasteiger partial charge in [-0.15, -0.1) is 0 Å². The predicted octanol–water partition coefficient (Wildman–Crippen LogP) is 1.11. The van der Waals surface area contributed by atoms with Crippen molar-refractivity contribution >= 4 is 27.6 Å². The molecule has 0 amide bonds. The first-order chi connectivity index (χ1) is 9.22. The first-order valence-corrected chi connectivity index (χ1v) is 7.25. The van der Waals surface area contributed by atoms with Gasteiger partial charge in [0.25, 0.3) is 0 Å². The lowest BCUT2D eigenvalue weighted by Crippen LogP contribution is -2.38. The zero-order valence-electron chi connectivity index (χ0n) is 11.0. The number of rotatable bonds is 6. The number of sulfonamides is 1. The molecule has 0 aliphatic rings. The maximum absolute atomic E-state index is 12.1. The molecule has 1 aromatic carbocycles. The number of methoxy groups -OCH3 is 2. The second kappa shape index (κ2) is 6.29. The van der Waals surface area contributed by atoms with Crippen molar-refractivity contribution < 1.29 is 27.8 Å². The van der Waals surface area contributed by atoms with E-state index in [0.717, 1.165) is 6.07 Å². The Morgan fingerprint density at radius 1 is 1.30 bits per heavy atom. The van der Waals surface area contributed by atoms with Crippen LogP contribution in [-0.2, 0) is 14.8 Å². The summed E-state index contributed by atoms with van der Waals surface area (Å²) in [6.45, 7) is 1.20. The molecule has 20 heavy (non-hydrogen) atoms. The van der Waals surface area contributed by atoms with E-state index < -0.39 is 22.0 Å². The van der Waals surface area contributed by atoms with Gasteiger partial charge in [-0.1, -0.05) is 11.6 Å². The number of ether oxygens (including phenoxy) is 2. The van der Waals surface area contributed by atoms with Gasteiger partial charge in [-0.3, -0.25) is 4.79 Å². The van der Waals surface area contributed by atoms with E-state index in [0.29, 0.717) is 0 Å². The minimum Gasteiger partial charge on any atom is -0.493 e. The lowest BCUT2D eigenvalue weighted by atomic mass is 10.3. The van der Waals surface area contributed by atoms with Crippen LogP contribution in [0.25, 0.3) is 0 Å². The van der Waals surface area contributed by atoms with E-state index in [9.17, 15) is 13.2 Å². The zero-order chi connectivity index (χ0) is 15.5. The quantitative estimate of drug-likeness (QED) is 0.813. The fourth-order valence-electron chi connectivity index (χ4n) is 1.39. The van der Waals surface area contributed by atoms with Crippen molar-refractivity contribution in [2.45, 2.75) is 17.9 Å². The normalized spacial score (nSPS) is 12.8. The predicted molar refractivity (Wildman–Crippen MR) is 72.0 cm³/mol. The van der Waals surface area contributed by atoms with Crippen LogP contribution in [0.2, 0.25) is 5.02 Å². The molecule has 1 rings (SSSR count). The van der Waals surface area contributed by atoms with Crippen molar-refractivity contribution in [2.75, 3.05) is 14.2 Å². The van der Waals surface area contributed by atoms with Gasteiger partial charge in [0.15, 0.2) is 11.5 Å². The van der Waals surface area contributed by atoms with Crippen LogP contribution >= 0.6 is 11.6 Å². The van der Waals surface area contributed by atoms with Gasteiger partial charge in [0.1, 0.15) is 10.9 Å².